The van der Waals surface area contributed by atoms with Crippen LogP contribution in [0.25, 0.3) is 32.7 Å². The van der Waals surface area contributed by atoms with Crippen molar-refractivity contribution < 1.29 is 0 Å². The fraction of sp³-hybridized carbons (Fsp3) is 0.167. The molecule has 0 aliphatic carbocycles. The summed E-state index contributed by atoms with van der Waals surface area (Å²) in [4.78, 5) is 13.0. The molecule has 2 aromatic carbocycles. The Labute approximate surface area is 122 Å². The van der Waals surface area contributed by atoms with Crippen molar-refractivity contribution in [1.82, 2.24) is 9.13 Å². The van der Waals surface area contributed by atoms with Gasteiger partial charge in [-0.15, -0.1) is 0 Å². The van der Waals surface area contributed by atoms with Crippen LogP contribution >= 0.6 is 0 Å². The van der Waals surface area contributed by atoms with Gasteiger partial charge in [0.25, 0.3) is 5.56 Å². The van der Waals surface area contributed by atoms with Crippen LogP contribution in [0.5, 0.6) is 0 Å². The highest BCUT2D eigenvalue weighted by Crippen LogP contribution is 2.30. The maximum atomic E-state index is 13.0. The van der Waals surface area contributed by atoms with Crippen molar-refractivity contribution in [2.24, 2.45) is 7.05 Å². The van der Waals surface area contributed by atoms with E-state index in [1.165, 1.54) is 0 Å². The first-order valence-electron chi connectivity index (χ1n) is 7.22. The molecule has 0 spiro atoms. The Morgan fingerprint density at radius 2 is 1.52 bits per heavy atom. The topological polar surface area (TPSA) is 26.9 Å². The van der Waals surface area contributed by atoms with Gasteiger partial charge in [-0.2, -0.15) is 0 Å². The lowest BCUT2D eigenvalue weighted by molar-refractivity contribution is 0.766. The second-order valence-electron chi connectivity index (χ2n) is 5.37. The normalized spacial score (nSPS) is 11.7. The molecule has 0 radical (unpaired) electrons. The van der Waals surface area contributed by atoms with Gasteiger partial charge in [-0.05, 0) is 19.1 Å². The molecular formula is C18H16N2O. The number of para-hydroxylation sites is 2. The lowest BCUT2D eigenvalue weighted by Gasteiger charge is -2.10. The van der Waals surface area contributed by atoms with E-state index in [2.05, 4.69) is 16.7 Å². The smallest absolute Gasteiger partial charge is 0.261 e. The van der Waals surface area contributed by atoms with Crippen LogP contribution in [-0.4, -0.2) is 9.13 Å². The Balaban J connectivity index is 2.46. The molecule has 4 rings (SSSR count). The zero-order valence-electron chi connectivity index (χ0n) is 12.1. The molecule has 21 heavy (non-hydrogen) atoms. The molecule has 0 saturated carbocycles. The first-order valence-corrected chi connectivity index (χ1v) is 7.22. The van der Waals surface area contributed by atoms with Gasteiger partial charge in [-0.3, -0.25) is 4.79 Å². The molecule has 4 aromatic rings. The summed E-state index contributed by atoms with van der Waals surface area (Å²) in [5, 5.41) is 2.99. The van der Waals surface area contributed by atoms with Gasteiger partial charge in [-0.1, -0.05) is 36.4 Å². The lowest BCUT2D eigenvalue weighted by atomic mass is 10.1. The maximum Gasteiger partial charge on any atom is 0.261 e. The molecule has 2 aromatic heterocycles. The highest BCUT2D eigenvalue weighted by atomic mass is 16.1. The van der Waals surface area contributed by atoms with Gasteiger partial charge in [0, 0.05) is 29.9 Å². The average Bonchev–Trinajstić information content (AvgIpc) is 2.82. The molecule has 0 fully saturated rings. The molecule has 0 N–H and O–H groups in total. The van der Waals surface area contributed by atoms with Crippen LogP contribution in [0.1, 0.15) is 6.92 Å². The third kappa shape index (κ3) is 1.46. The molecule has 0 bridgehead atoms. The summed E-state index contributed by atoms with van der Waals surface area (Å²) in [5.74, 6) is 0. The number of pyridine rings is 1. The molecule has 0 saturated heterocycles. The number of aromatic nitrogens is 2. The zero-order valence-corrected chi connectivity index (χ0v) is 12.1. The standard InChI is InChI=1S/C18H16N2O/c1-3-20-15-11-7-5-9-13(15)17-16(18(20)21)12-8-4-6-10-14(12)19(17)2/h4-11H,3H2,1-2H3. The second-order valence-corrected chi connectivity index (χ2v) is 5.37. The molecule has 3 nitrogen and oxygen atoms in total. The zero-order chi connectivity index (χ0) is 14.6. The van der Waals surface area contributed by atoms with Gasteiger partial charge in [0.05, 0.1) is 16.4 Å². The van der Waals surface area contributed by atoms with Crippen molar-refractivity contribution in [3.8, 4) is 0 Å². The Hall–Kier alpha value is -2.55. The van der Waals surface area contributed by atoms with Crippen molar-refractivity contribution in [3.05, 3.63) is 58.9 Å². The van der Waals surface area contributed by atoms with Gasteiger partial charge >= 0.3 is 0 Å². The number of hydrogen-bond donors (Lipinski definition) is 0. The number of rotatable bonds is 1. The lowest BCUT2D eigenvalue weighted by Crippen LogP contribution is -2.19. The Morgan fingerprint density at radius 3 is 2.24 bits per heavy atom. The van der Waals surface area contributed by atoms with Gasteiger partial charge in [0.2, 0.25) is 0 Å². The summed E-state index contributed by atoms with van der Waals surface area (Å²) in [6.45, 7) is 2.70. The molecule has 3 heteroatoms. The molecule has 0 aliphatic heterocycles. The summed E-state index contributed by atoms with van der Waals surface area (Å²) >= 11 is 0. The van der Waals surface area contributed by atoms with Crippen molar-refractivity contribution in [2.45, 2.75) is 13.5 Å². The highest BCUT2D eigenvalue weighted by Gasteiger charge is 2.16. The quantitative estimate of drug-likeness (QED) is 0.521. The van der Waals surface area contributed by atoms with Crippen LogP contribution in [0.15, 0.2) is 53.3 Å². The van der Waals surface area contributed by atoms with Crippen LogP contribution in [0.4, 0.5) is 0 Å². The van der Waals surface area contributed by atoms with Gasteiger partial charge < -0.3 is 9.13 Å². The third-order valence-electron chi connectivity index (χ3n) is 4.33. The molecule has 0 aliphatic rings. The number of benzene rings is 2. The fourth-order valence-corrected chi connectivity index (χ4v) is 3.39. The van der Waals surface area contributed by atoms with Crippen LogP contribution in [0, 0.1) is 0 Å². The molecule has 104 valence electrons. The SMILES string of the molecule is CCn1c(=O)c2c3ccccc3n(C)c2c2ccccc21. The van der Waals surface area contributed by atoms with Crippen LogP contribution < -0.4 is 5.56 Å². The van der Waals surface area contributed by atoms with E-state index in [1.54, 1.807) is 0 Å². The Kier molecular flexibility index (Phi) is 2.45. The monoisotopic (exact) mass is 276 g/mol. The van der Waals surface area contributed by atoms with Crippen molar-refractivity contribution in [3.63, 3.8) is 0 Å². The first-order chi connectivity index (χ1) is 10.2. The van der Waals surface area contributed by atoms with Crippen molar-refractivity contribution in [1.29, 1.82) is 0 Å². The predicted molar refractivity (Wildman–Crippen MR) is 87.9 cm³/mol. The summed E-state index contributed by atoms with van der Waals surface area (Å²) in [6, 6.07) is 16.3. The van der Waals surface area contributed by atoms with Crippen molar-refractivity contribution >= 4 is 32.7 Å². The van der Waals surface area contributed by atoms with E-state index >= 15 is 0 Å². The summed E-state index contributed by atoms with van der Waals surface area (Å²) < 4.78 is 4.00. The largest absolute Gasteiger partial charge is 0.343 e. The minimum atomic E-state index is 0.1000. The van der Waals surface area contributed by atoms with E-state index in [1.807, 2.05) is 54.9 Å². The third-order valence-corrected chi connectivity index (χ3v) is 4.33. The van der Waals surface area contributed by atoms with Crippen molar-refractivity contribution in [2.75, 3.05) is 0 Å². The predicted octanol–water partition coefficient (Wildman–Crippen LogP) is 3.67. The summed E-state index contributed by atoms with van der Waals surface area (Å²) in [7, 11) is 2.03. The highest BCUT2D eigenvalue weighted by molar-refractivity contribution is 6.16. The molecule has 0 amide bonds. The second kappa shape index (κ2) is 4.22. The number of fused-ring (bicyclic) bond motifs is 5. The minimum absolute atomic E-state index is 0.1000. The molecule has 0 unspecified atom stereocenters. The van der Waals surface area contributed by atoms with Crippen LogP contribution in [-0.2, 0) is 13.6 Å². The van der Waals surface area contributed by atoms with E-state index in [0.717, 1.165) is 32.7 Å². The number of hydrogen-bond acceptors (Lipinski definition) is 1. The van der Waals surface area contributed by atoms with E-state index in [9.17, 15) is 4.79 Å². The van der Waals surface area contributed by atoms with E-state index in [0.29, 0.717) is 6.54 Å². The van der Waals surface area contributed by atoms with Gasteiger partial charge in [0.1, 0.15) is 0 Å². The van der Waals surface area contributed by atoms with Crippen LogP contribution in [0.2, 0.25) is 0 Å². The first kappa shape index (κ1) is 12.2. The molecule has 0 atom stereocenters. The minimum Gasteiger partial charge on any atom is -0.343 e. The van der Waals surface area contributed by atoms with Gasteiger partial charge in [0.15, 0.2) is 0 Å². The van der Waals surface area contributed by atoms with Crippen LogP contribution in [0.3, 0.4) is 0 Å². The Morgan fingerprint density at radius 1 is 0.905 bits per heavy atom. The van der Waals surface area contributed by atoms with E-state index < -0.39 is 0 Å². The van der Waals surface area contributed by atoms with E-state index in [-0.39, 0.29) is 5.56 Å². The number of aryl methyl sites for hydroxylation is 2. The molecular weight excluding hydrogens is 260 g/mol. The average molecular weight is 276 g/mol. The molecule has 2 heterocycles. The summed E-state index contributed by atoms with van der Waals surface area (Å²) in [6.07, 6.45) is 0. The summed E-state index contributed by atoms with van der Waals surface area (Å²) in [5.41, 5.74) is 3.23. The Bertz CT molecular complexity index is 1050. The maximum absolute atomic E-state index is 13.0. The van der Waals surface area contributed by atoms with Gasteiger partial charge in [-0.25, -0.2) is 0 Å². The fourth-order valence-electron chi connectivity index (χ4n) is 3.39. The van der Waals surface area contributed by atoms with E-state index in [4.69, 9.17) is 0 Å². The number of nitrogens with zero attached hydrogens (tertiary/aromatic N) is 2.